The number of rotatable bonds is 4. The number of para-hydroxylation sites is 1. The van der Waals surface area contributed by atoms with Gasteiger partial charge in [0, 0.05) is 12.7 Å². The molecule has 1 heterocycles. The number of hydrogen-bond acceptors (Lipinski definition) is 4. The second kappa shape index (κ2) is 5.46. The molecule has 18 heavy (non-hydrogen) atoms. The van der Waals surface area contributed by atoms with E-state index in [1.807, 2.05) is 30.3 Å². The normalized spacial score (nSPS) is 10.3. The van der Waals surface area contributed by atoms with Gasteiger partial charge in [-0.25, -0.2) is 4.98 Å². The molecule has 5 heteroatoms. The Morgan fingerprint density at radius 1 is 1.39 bits per heavy atom. The summed E-state index contributed by atoms with van der Waals surface area (Å²) in [5.41, 5.74) is 0.814. The van der Waals surface area contributed by atoms with Crippen LogP contribution >= 0.6 is 0 Å². The van der Waals surface area contributed by atoms with Gasteiger partial charge >= 0.3 is 0 Å². The number of aromatic nitrogens is 1. The smallest absolute Gasteiger partial charge is 0.295 e. The molecule has 0 unspecified atom stereocenters. The van der Waals surface area contributed by atoms with Crippen molar-refractivity contribution in [1.82, 2.24) is 10.3 Å². The maximum absolute atomic E-state index is 12.1. The van der Waals surface area contributed by atoms with E-state index in [4.69, 9.17) is 4.42 Å². The van der Waals surface area contributed by atoms with Crippen molar-refractivity contribution >= 4 is 11.6 Å². The fraction of sp³-hybridized carbons (Fsp3) is 0.231. The summed E-state index contributed by atoms with van der Waals surface area (Å²) in [5, 5.41) is 2.92. The molecule has 0 saturated heterocycles. The molecule has 0 atom stereocenters. The van der Waals surface area contributed by atoms with E-state index in [0.29, 0.717) is 12.4 Å². The topological polar surface area (TPSA) is 58.4 Å². The Balaban J connectivity index is 2.15. The first-order valence-electron chi connectivity index (χ1n) is 5.65. The van der Waals surface area contributed by atoms with Gasteiger partial charge in [0.1, 0.15) is 0 Å². The molecule has 0 saturated carbocycles. The Bertz CT molecular complexity index is 522. The van der Waals surface area contributed by atoms with Crippen LogP contribution in [-0.2, 0) is 6.54 Å². The fourth-order valence-electron chi connectivity index (χ4n) is 1.58. The summed E-state index contributed by atoms with van der Waals surface area (Å²) in [4.78, 5) is 17.7. The van der Waals surface area contributed by atoms with Gasteiger partial charge in [0.25, 0.3) is 5.91 Å². The second-order valence-corrected chi connectivity index (χ2v) is 3.85. The number of amides is 1. The SMILES string of the molecule is CNCc1ncc(C(=O)N(C)c2ccccc2)o1. The summed E-state index contributed by atoms with van der Waals surface area (Å²) in [6.45, 7) is 0.502. The molecular formula is C13H15N3O2. The zero-order valence-corrected chi connectivity index (χ0v) is 10.4. The van der Waals surface area contributed by atoms with Crippen LogP contribution in [0.5, 0.6) is 0 Å². The lowest BCUT2D eigenvalue weighted by molar-refractivity contribution is 0.0964. The predicted octanol–water partition coefficient (Wildman–Crippen LogP) is 1.67. The van der Waals surface area contributed by atoms with E-state index >= 15 is 0 Å². The largest absolute Gasteiger partial charge is 0.434 e. The monoisotopic (exact) mass is 245 g/mol. The summed E-state index contributed by atoms with van der Waals surface area (Å²) in [7, 11) is 3.50. The molecule has 0 fully saturated rings. The first-order valence-corrected chi connectivity index (χ1v) is 5.65. The van der Waals surface area contributed by atoms with Crippen molar-refractivity contribution in [2.24, 2.45) is 0 Å². The van der Waals surface area contributed by atoms with Crippen molar-refractivity contribution in [3.63, 3.8) is 0 Å². The highest BCUT2D eigenvalue weighted by molar-refractivity contribution is 6.03. The molecule has 1 aromatic heterocycles. The van der Waals surface area contributed by atoms with Crippen LogP contribution in [0.15, 0.2) is 40.9 Å². The second-order valence-electron chi connectivity index (χ2n) is 3.85. The minimum absolute atomic E-state index is 0.212. The molecular weight excluding hydrogens is 230 g/mol. The molecule has 0 aliphatic heterocycles. The van der Waals surface area contributed by atoms with Crippen molar-refractivity contribution in [2.75, 3.05) is 19.0 Å². The average molecular weight is 245 g/mol. The molecule has 0 aliphatic carbocycles. The van der Waals surface area contributed by atoms with Gasteiger partial charge in [-0.15, -0.1) is 0 Å². The molecule has 1 N–H and O–H groups in total. The molecule has 1 aromatic carbocycles. The number of nitrogens with one attached hydrogen (secondary N) is 1. The first kappa shape index (κ1) is 12.3. The Hall–Kier alpha value is -2.14. The van der Waals surface area contributed by atoms with E-state index in [2.05, 4.69) is 10.3 Å². The van der Waals surface area contributed by atoms with Gasteiger partial charge in [-0.2, -0.15) is 0 Å². The van der Waals surface area contributed by atoms with Crippen LogP contribution in [-0.4, -0.2) is 25.0 Å². The van der Waals surface area contributed by atoms with E-state index in [1.165, 1.54) is 11.1 Å². The van der Waals surface area contributed by atoms with E-state index in [0.717, 1.165) is 5.69 Å². The van der Waals surface area contributed by atoms with Crippen molar-refractivity contribution in [1.29, 1.82) is 0 Å². The maximum atomic E-state index is 12.1. The molecule has 2 rings (SSSR count). The highest BCUT2D eigenvalue weighted by Crippen LogP contribution is 2.15. The lowest BCUT2D eigenvalue weighted by atomic mass is 10.3. The lowest BCUT2D eigenvalue weighted by Gasteiger charge is -2.15. The van der Waals surface area contributed by atoms with E-state index < -0.39 is 0 Å². The molecule has 94 valence electrons. The standard InChI is InChI=1S/C13H15N3O2/c1-14-9-12-15-8-11(18-12)13(17)16(2)10-6-4-3-5-7-10/h3-8,14H,9H2,1-2H3. The molecule has 0 spiro atoms. The van der Waals surface area contributed by atoms with Crippen LogP contribution in [0.25, 0.3) is 0 Å². The van der Waals surface area contributed by atoms with Crippen LogP contribution in [0.4, 0.5) is 5.69 Å². The average Bonchev–Trinajstić information content (AvgIpc) is 2.87. The number of carbonyl (C=O) groups is 1. The van der Waals surface area contributed by atoms with Gasteiger partial charge in [-0.05, 0) is 19.2 Å². The van der Waals surface area contributed by atoms with E-state index in [9.17, 15) is 4.79 Å². The molecule has 0 bridgehead atoms. The molecule has 0 radical (unpaired) electrons. The number of nitrogens with zero attached hydrogens (tertiary/aromatic N) is 2. The summed E-state index contributed by atoms with van der Waals surface area (Å²) in [6, 6.07) is 9.39. The molecule has 5 nitrogen and oxygen atoms in total. The van der Waals surface area contributed by atoms with Crippen LogP contribution in [0, 0.1) is 0 Å². The molecule has 2 aromatic rings. The third-order valence-electron chi connectivity index (χ3n) is 2.54. The zero-order chi connectivity index (χ0) is 13.0. The van der Waals surface area contributed by atoms with Crippen molar-refractivity contribution < 1.29 is 9.21 Å². The lowest BCUT2D eigenvalue weighted by Crippen LogP contribution is -2.25. The highest BCUT2D eigenvalue weighted by atomic mass is 16.4. The highest BCUT2D eigenvalue weighted by Gasteiger charge is 2.17. The Morgan fingerprint density at radius 3 is 2.78 bits per heavy atom. The van der Waals surface area contributed by atoms with Crippen LogP contribution in [0.2, 0.25) is 0 Å². The number of oxazole rings is 1. The summed E-state index contributed by atoms with van der Waals surface area (Å²) >= 11 is 0. The number of benzene rings is 1. The van der Waals surface area contributed by atoms with Crippen LogP contribution in [0.1, 0.15) is 16.4 Å². The number of anilines is 1. The van der Waals surface area contributed by atoms with Crippen molar-refractivity contribution in [3.05, 3.63) is 48.2 Å². The van der Waals surface area contributed by atoms with Gasteiger partial charge < -0.3 is 14.6 Å². The van der Waals surface area contributed by atoms with Gasteiger partial charge in [0.15, 0.2) is 0 Å². The van der Waals surface area contributed by atoms with E-state index in [-0.39, 0.29) is 11.7 Å². The Morgan fingerprint density at radius 2 is 2.11 bits per heavy atom. The fourth-order valence-corrected chi connectivity index (χ4v) is 1.58. The molecule has 0 aliphatic rings. The molecule has 1 amide bonds. The van der Waals surface area contributed by atoms with Crippen LogP contribution < -0.4 is 10.2 Å². The van der Waals surface area contributed by atoms with Crippen molar-refractivity contribution in [2.45, 2.75) is 6.54 Å². The van der Waals surface area contributed by atoms with Gasteiger partial charge in [0.2, 0.25) is 11.7 Å². The first-order chi connectivity index (χ1) is 8.72. The minimum Gasteiger partial charge on any atom is -0.434 e. The minimum atomic E-state index is -0.212. The number of carbonyl (C=O) groups excluding carboxylic acids is 1. The quantitative estimate of drug-likeness (QED) is 0.890. The van der Waals surface area contributed by atoms with Gasteiger partial charge in [-0.1, -0.05) is 18.2 Å². The third-order valence-corrected chi connectivity index (χ3v) is 2.54. The predicted molar refractivity (Wildman–Crippen MR) is 68.4 cm³/mol. The van der Waals surface area contributed by atoms with Gasteiger partial charge in [0.05, 0.1) is 12.7 Å². The maximum Gasteiger partial charge on any atom is 0.295 e. The Kier molecular flexibility index (Phi) is 3.74. The zero-order valence-electron chi connectivity index (χ0n) is 10.4. The van der Waals surface area contributed by atoms with Crippen LogP contribution in [0.3, 0.4) is 0 Å². The number of hydrogen-bond donors (Lipinski definition) is 1. The third kappa shape index (κ3) is 2.57. The summed E-state index contributed by atoms with van der Waals surface area (Å²) in [5.74, 6) is 0.532. The summed E-state index contributed by atoms with van der Waals surface area (Å²) < 4.78 is 5.36. The van der Waals surface area contributed by atoms with Crippen molar-refractivity contribution in [3.8, 4) is 0 Å². The van der Waals surface area contributed by atoms with Gasteiger partial charge in [-0.3, -0.25) is 4.79 Å². The summed E-state index contributed by atoms with van der Waals surface area (Å²) in [6.07, 6.45) is 1.45. The Labute approximate surface area is 105 Å². The van der Waals surface area contributed by atoms with E-state index in [1.54, 1.807) is 14.1 Å².